The van der Waals surface area contributed by atoms with Crippen LogP contribution in [0.3, 0.4) is 0 Å². The lowest BCUT2D eigenvalue weighted by Gasteiger charge is -2.07. The van der Waals surface area contributed by atoms with Gasteiger partial charge in [-0.25, -0.2) is 4.39 Å². The molecule has 0 aliphatic carbocycles. The summed E-state index contributed by atoms with van der Waals surface area (Å²) < 4.78 is 13.7. The summed E-state index contributed by atoms with van der Waals surface area (Å²) in [4.78, 5) is 12.2. The van der Waals surface area contributed by atoms with Gasteiger partial charge in [-0.1, -0.05) is 24.3 Å². The van der Waals surface area contributed by atoms with Crippen molar-refractivity contribution in [1.82, 2.24) is 0 Å². The second-order valence-corrected chi connectivity index (χ2v) is 4.89. The van der Waals surface area contributed by atoms with Gasteiger partial charge in [-0.05, 0) is 29.0 Å². The third-order valence-electron chi connectivity index (χ3n) is 2.89. The highest BCUT2D eigenvalue weighted by molar-refractivity contribution is 7.08. The second kappa shape index (κ2) is 4.82. The van der Waals surface area contributed by atoms with Crippen LogP contribution >= 0.6 is 11.3 Å². The quantitative estimate of drug-likeness (QED) is 0.740. The van der Waals surface area contributed by atoms with Crippen LogP contribution in [0.1, 0.15) is 10.4 Å². The number of anilines is 1. The molecule has 4 heteroatoms. The topological polar surface area (TPSA) is 29.1 Å². The van der Waals surface area contributed by atoms with Crippen molar-refractivity contribution >= 4 is 33.7 Å². The Morgan fingerprint density at radius 1 is 1.05 bits per heavy atom. The molecule has 3 rings (SSSR count). The van der Waals surface area contributed by atoms with Crippen molar-refractivity contribution in [3.8, 4) is 0 Å². The summed E-state index contributed by atoms with van der Waals surface area (Å²) in [5.41, 5.74) is 1.23. The van der Waals surface area contributed by atoms with Crippen LogP contribution in [-0.4, -0.2) is 5.91 Å². The lowest BCUT2D eigenvalue weighted by Crippen LogP contribution is -2.12. The first-order valence-corrected chi connectivity index (χ1v) is 6.71. The molecular formula is C15H10FNOS. The standard InChI is InChI=1S/C15H10FNOS/c16-14-6-5-13(11-3-1-2-4-12(11)14)15(18)17-10-7-8-19-9-10/h1-9H,(H,17,18). The highest BCUT2D eigenvalue weighted by atomic mass is 32.1. The number of thiophene rings is 1. The van der Waals surface area contributed by atoms with E-state index in [2.05, 4.69) is 5.32 Å². The minimum absolute atomic E-state index is 0.227. The van der Waals surface area contributed by atoms with Crippen molar-refractivity contribution in [2.45, 2.75) is 0 Å². The van der Waals surface area contributed by atoms with Gasteiger partial charge in [0.1, 0.15) is 5.82 Å². The SMILES string of the molecule is O=C(Nc1ccsc1)c1ccc(F)c2ccccc12. The van der Waals surface area contributed by atoms with E-state index in [4.69, 9.17) is 0 Å². The van der Waals surface area contributed by atoms with Crippen molar-refractivity contribution in [2.24, 2.45) is 0 Å². The van der Waals surface area contributed by atoms with E-state index in [0.717, 1.165) is 5.69 Å². The Hall–Kier alpha value is -2.20. The number of rotatable bonds is 2. The van der Waals surface area contributed by atoms with E-state index < -0.39 is 0 Å². The Balaban J connectivity index is 2.05. The first-order valence-electron chi connectivity index (χ1n) is 5.76. The molecule has 0 bridgehead atoms. The molecule has 0 saturated heterocycles. The Morgan fingerprint density at radius 3 is 2.58 bits per heavy atom. The van der Waals surface area contributed by atoms with Crippen LogP contribution in [0.2, 0.25) is 0 Å². The number of hydrogen-bond acceptors (Lipinski definition) is 2. The number of benzene rings is 2. The zero-order chi connectivity index (χ0) is 13.2. The molecule has 19 heavy (non-hydrogen) atoms. The van der Waals surface area contributed by atoms with Gasteiger partial charge in [-0.15, -0.1) is 0 Å². The van der Waals surface area contributed by atoms with Gasteiger partial charge in [0.2, 0.25) is 0 Å². The number of carbonyl (C=O) groups is 1. The summed E-state index contributed by atoms with van der Waals surface area (Å²) in [5, 5.41) is 7.62. The minimum Gasteiger partial charge on any atom is -0.321 e. The average Bonchev–Trinajstić information content (AvgIpc) is 2.92. The van der Waals surface area contributed by atoms with Crippen LogP contribution in [0, 0.1) is 5.82 Å². The summed E-state index contributed by atoms with van der Waals surface area (Å²) in [7, 11) is 0. The van der Waals surface area contributed by atoms with Gasteiger partial charge in [0.25, 0.3) is 5.91 Å². The van der Waals surface area contributed by atoms with Gasteiger partial charge < -0.3 is 5.32 Å². The van der Waals surface area contributed by atoms with E-state index in [9.17, 15) is 9.18 Å². The van der Waals surface area contributed by atoms with Crippen LogP contribution in [0.4, 0.5) is 10.1 Å². The molecule has 3 aromatic rings. The summed E-state index contributed by atoms with van der Waals surface area (Å²) in [6.07, 6.45) is 0. The van der Waals surface area contributed by atoms with E-state index in [1.807, 2.05) is 16.8 Å². The Labute approximate surface area is 113 Å². The van der Waals surface area contributed by atoms with Crippen LogP contribution in [0.25, 0.3) is 10.8 Å². The highest BCUT2D eigenvalue weighted by Crippen LogP contribution is 2.23. The zero-order valence-electron chi connectivity index (χ0n) is 9.89. The van der Waals surface area contributed by atoms with Crippen molar-refractivity contribution < 1.29 is 9.18 Å². The molecular weight excluding hydrogens is 261 g/mol. The maximum atomic E-state index is 13.7. The van der Waals surface area contributed by atoms with Crippen LogP contribution in [0.5, 0.6) is 0 Å². The van der Waals surface area contributed by atoms with Gasteiger partial charge in [-0.3, -0.25) is 4.79 Å². The first-order chi connectivity index (χ1) is 9.25. The van der Waals surface area contributed by atoms with Crippen LogP contribution in [-0.2, 0) is 0 Å². The smallest absolute Gasteiger partial charge is 0.256 e. The number of fused-ring (bicyclic) bond motifs is 1. The summed E-state index contributed by atoms with van der Waals surface area (Å²) in [6.45, 7) is 0. The fraction of sp³-hybridized carbons (Fsp3) is 0. The van der Waals surface area contributed by atoms with Crippen LogP contribution < -0.4 is 5.32 Å². The fourth-order valence-corrected chi connectivity index (χ4v) is 2.58. The summed E-state index contributed by atoms with van der Waals surface area (Å²) in [5.74, 6) is -0.544. The monoisotopic (exact) mass is 271 g/mol. The third kappa shape index (κ3) is 2.22. The Kier molecular flexibility index (Phi) is 3.01. The van der Waals surface area contributed by atoms with Gasteiger partial charge in [0.15, 0.2) is 0 Å². The predicted molar refractivity (Wildman–Crippen MR) is 76.2 cm³/mol. The Morgan fingerprint density at radius 2 is 1.84 bits per heavy atom. The molecule has 2 nitrogen and oxygen atoms in total. The van der Waals surface area contributed by atoms with E-state index in [1.165, 1.54) is 23.5 Å². The number of amides is 1. The molecule has 0 saturated carbocycles. The van der Waals surface area contributed by atoms with Crippen molar-refractivity contribution in [2.75, 3.05) is 5.32 Å². The lowest BCUT2D eigenvalue weighted by molar-refractivity contribution is 0.102. The molecule has 0 spiro atoms. The minimum atomic E-state index is -0.317. The molecule has 1 aromatic heterocycles. The molecule has 0 unspecified atom stereocenters. The maximum Gasteiger partial charge on any atom is 0.256 e. The van der Waals surface area contributed by atoms with Gasteiger partial charge in [0, 0.05) is 16.3 Å². The molecule has 0 fully saturated rings. The highest BCUT2D eigenvalue weighted by Gasteiger charge is 2.12. The summed E-state index contributed by atoms with van der Waals surface area (Å²) in [6, 6.07) is 11.6. The predicted octanol–water partition coefficient (Wildman–Crippen LogP) is 4.29. The van der Waals surface area contributed by atoms with E-state index in [1.54, 1.807) is 24.3 Å². The second-order valence-electron chi connectivity index (χ2n) is 4.11. The average molecular weight is 271 g/mol. The molecule has 0 aliphatic heterocycles. The third-order valence-corrected chi connectivity index (χ3v) is 3.58. The normalized spacial score (nSPS) is 10.6. The van der Waals surface area contributed by atoms with Crippen molar-refractivity contribution in [1.29, 1.82) is 0 Å². The molecule has 1 amide bonds. The first kappa shape index (κ1) is 11.9. The van der Waals surface area contributed by atoms with E-state index in [-0.39, 0.29) is 11.7 Å². The van der Waals surface area contributed by atoms with Gasteiger partial charge in [0.05, 0.1) is 5.69 Å². The summed E-state index contributed by atoms with van der Waals surface area (Å²) >= 11 is 1.51. The van der Waals surface area contributed by atoms with Gasteiger partial charge >= 0.3 is 0 Å². The fourth-order valence-electron chi connectivity index (χ4n) is 1.99. The van der Waals surface area contributed by atoms with Crippen LogP contribution in [0.15, 0.2) is 53.2 Å². The maximum absolute atomic E-state index is 13.7. The molecule has 1 N–H and O–H groups in total. The molecule has 0 aliphatic rings. The number of halogens is 1. The molecule has 0 atom stereocenters. The number of carbonyl (C=O) groups excluding carboxylic acids is 1. The Bertz CT molecular complexity index is 737. The number of nitrogens with one attached hydrogen (secondary N) is 1. The number of hydrogen-bond donors (Lipinski definition) is 1. The molecule has 1 heterocycles. The van der Waals surface area contributed by atoms with E-state index >= 15 is 0 Å². The van der Waals surface area contributed by atoms with Crippen molar-refractivity contribution in [3.05, 3.63) is 64.6 Å². The zero-order valence-corrected chi connectivity index (χ0v) is 10.7. The molecule has 0 radical (unpaired) electrons. The largest absolute Gasteiger partial charge is 0.321 e. The molecule has 94 valence electrons. The van der Waals surface area contributed by atoms with Crippen molar-refractivity contribution in [3.63, 3.8) is 0 Å². The molecule has 2 aromatic carbocycles. The van der Waals surface area contributed by atoms with E-state index in [0.29, 0.717) is 16.3 Å². The van der Waals surface area contributed by atoms with Gasteiger partial charge in [-0.2, -0.15) is 11.3 Å². The lowest BCUT2D eigenvalue weighted by atomic mass is 10.0.